The van der Waals surface area contributed by atoms with Gasteiger partial charge in [0.2, 0.25) is 11.8 Å². The number of benzene rings is 1. The van der Waals surface area contributed by atoms with Gasteiger partial charge in [0.15, 0.2) is 0 Å². The highest BCUT2D eigenvalue weighted by molar-refractivity contribution is 5.89. The van der Waals surface area contributed by atoms with Gasteiger partial charge >= 0.3 is 6.18 Å². The highest BCUT2D eigenvalue weighted by atomic mass is 19.4. The molecule has 2 amide bonds. The summed E-state index contributed by atoms with van der Waals surface area (Å²) in [5.74, 6) is -0.329. The molecule has 3 aliphatic rings. The molecule has 9 heteroatoms. The predicted molar refractivity (Wildman–Crippen MR) is 104 cm³/mol. The number of hydrogen-bond donors (Lipinski definition) is 0. The summed E-state index contributed by atoms with van der Waals surface area (Å²) in [5.41, 5.74) is -0.158. The summed E-state index contributed by atoms with van der Waals surface area (Å²) in [5, 5.41) is 0. The molecule has 1 atom stereocenters. The molecule has 0 N–H and O–H groups in total. The van der Waals surface area contributed by atoms with Crippen LogP contribution in [0.1, 0.15) is 24.8 Å². The Labute approximate surface area is 173 Å². The Kier molecular flexibility index (Phi) is 5.90. The van der Waals surface area contributed by atoms with Crippen LogP contribution in [0.4, 0.5) is 18.9 Å². The van der Waals surface area contributed by atoms with Crippen LogP contribution in [0.5, 0.6) is 0 Å². The first kappa shape index (κ1) is 21.0. The number of anilines is 1. The number of ether oxygens (including phenoxy) is 1. The van der Waals surface area contributed by atoms with E-state index in [1.54, 1.807) is 11.0 Å². The van der Waals surface area contributed by atoms with E-state index in [-0.39, 0.29) is 30.2 Å². The second-order valence-electron chi connectivity index (χ2n) is 8.15. The van der Waals surface area contributed by atoms with Crippen LogP contribution in [-0.2, 0) is 20.5 Å². The molecule has 0 radical (unpaired) electrons. The van der Waals surface area contributed by atoms with Crippen LogP contribution in [0.25, 0.3) is 0 Å². The van der Waals surface area contributed by atoms with Crippen molar-refractivity contribution in [2.24, 2.45) is 5.92 Å². The second-order valence-corrected chi connectivity index (χ2v) is 8.15. The maximum atomic E-state index is 13.0. The molecule has 1 aromatic rings. The topological polar surface area (TPSA) is 53.1 Å². The molecule has 0 aromatic heterocycles. The first-order valence-corrected chi connectivity index (χ1v) is 10.4. The average molecular weight is 425 g/mol. The van der Waals surface area contributed by atoms with Crippen LogP contribution >= 0.6 is 0 Å². The van der Waals surface area contributed by atoms with Crippen molar-refractivity contribution >= 4 is 17.5 Å². The lowest BCUT2D eigenvalue weighted by molar-refractivity contribution is -0.137. The molecule has 4 rings (SSSR count). The maximum absolute atomic E-state index is 13.0. The first-order chi connectivity index (χ1) is 14.3. The van der Waals surface area contributed by atoms with Gasteiger partial charge in [-0.15, -0.1) is 0 Å². The maximum Gasteiger partial charge on any atom is 0.416 e. The monoisotopic (exact) mass is 425 g/mol. The molecule has 1 unspecified atom stereocenters. The van der Waals surface area contributed by atoms with E-state index in [2.05, 4.69) is 0 Å². The van der Waals surface area contributed by atoms with Gasteiger partial charge < -0.3 is 19.4 Å². The summed E-state index contributed by atoms with van der Waals surface area (Å²) >= 11 is 0. The van der Waals surface area contributed by atoms with E-state index in [9.17, 15) is 22.8 Å². The summed E-state index contributed by atoms with van der Waals surface area (Å²) in [4.78, 5) is 30.8. The standard InChI is InChI=1S/C21H26F3N3O3/c22-21(23,24)16-2-1-3-18(13-16)25-6-8-26(9-7-25)20(29)15-12-19(28)27(14-15)17-4-10-30-11-5-17/h1-3,13,15,17H,4-12,14H2. The lowest BCUT2D eigenvalue weighted by Gasteiger charge is -2.37. The molecule has 164 valence electrons. The number of alkyl halides is 3. The van der Waals surface area contributed by atoms with E-state index in [0.29, 0.717) is 51.6 Å². The SMILES string of the molecule is O=C(C1CC(=O)N(C2CCOCC2)C1)N1CCN(c2cccc(C(F)(F)F)c2)CC1. The lowest BCUT2D eigenvalue weighted by atomic mass is 10.1. The number of rotatable bonds is 3. The number of piperazine rings is 1. The molecule has 3 fully saturated rings. The quantitative estimate of drug-likeness (QED) is 0.746. The van der Waals surface area contributed by atoms with Crippen molar-refractivity contribution in [3.63, 3.8) is 0 Å². The molecular formula is C21H26F3N3O3. The van der Waals surface area contributed by atoms with Gasteiger partial charge in [-0.1, -0.05) is 6.07 Å². The Morgan fingerprint density at radius 2 is 1.77 bits per heavy atom. The third-order valence-corrected chi connectivity index (χ3v) is 6.27. The normalized spacial score (nSPS) is 23.9. The highest BCUT2D eigenvalue weighted by Crippen LogP contribution is 2.32. The van der Waals surface area contributed by atoms with Gasteiger partial charge in [-0.25, -0.2) is 0 Å². The number of carbonyl (C=O) groups is 2. The zero-order valence-corrected chi connectivity index (χ0v) is 16.7. The Hall–Kier alpha value is -2.29. The Balaban J connectivity index is 1.33. The van der Waals surface area contributed by atoms with Crippen molar-refractivity contribution in [3.05, 3.63) is 29.8 Å². The second kappa shape index (κ2) is 8.45. The minimum absolute atomic E-state index is 0.0263. The van der Waals surface area contributed by atoms with Crippen LogP contribution < -0.4 is 4.90 Å². The summed E-state index contributed by atoms with van der Waals surface area (Å²) in [6.45, 7) is 3.56. The van der Waals surface area contributed by atoms with Crippen LogP contribution in [0.2, 0.25) is 0 Å². The fourth-order valence-corrected chi connectivity index (χ4v) is 4.57. The number of amides is 2. The summed E-state index contributed by atoms with van der Waals surface area (Å²) in [6, 6.07) is 5.43. The average Bonchev–Trinajstić information content (AvgIpc) is 3.15. The van der Waals surface area contributed by atoms with Crippen molar-refractivity contribution in [2.45, 2.75) is 31.5 Å². The zero-order valence-electron chi connectivity index (χ0n) is 16.7. The Morgan fingerprint density at radius 3 is 2.43 bits per heavy atom. The number of likely N-dealkylation sites (tertiary alicyclic amines) is 1. The van der Waals surface area contributed by atoms with Crippen molar-refractivity contribution in [1.29, 1.82) is 0 Å². The van der Waals surface area contributed by atoms with E-state index in [0.717, 1.165) is 25.0 Å². The molecule has 0 spiro atoms. The lowest BCUT2D eigenvalue weighted by Crippen LogP contribution is -2.51. The molecule has 0 aliphatic carbocycles. The summed E-state index contributed by atoms with van der Waals surface area (Å²) in [7, 11) is 0. The van der Waals surface area contributed by atoms with Gasteiger partial charge in [0.1, 0.15) is 0 Å². The van der Waals surface area contributed by atoms with Crippen LogP contribution in [-0.4, -0.2) is 73.6 Å². The van der Waals surface area contributed by atoms with Crippen molar-refractivity contribution in [2.75, 3.05) is 50.8 Å². The molecular weight excluding hydrogens is 399 g/mol. The fourth-order valence-electron chi connectivity index (χ4n) is 4.57. The first-order valence-electron chi connectivity index (χ1n) is 10.4. The zero-order chi connectivity index (χ0) is 21.3. The molecule has 6 nitrogen and oxygen atoms in total. The molecule has 1 aromatic carbocycles. The predicted octanol–water partition coefficient (Wildman–Crippen LogP) is 2.38. The van der Waals surface area contributed by atoms with Crippen LogP contribution in [0.3, 0.4) is 0 Å². The van der Waals surface area contributed by atoms with Gasteiger partial charge in [0.25, 0.3) is 0 Å². The number of hydrogen-bond acceptors (Lipinski definition) is 4. The highest BCUT2D eigenvalue weighted by Gasteiger charge is 2.40. The van der Waals surface area contributed by atoms with E-state index < -0.39 is 11.7 Å². The molecule has 0 bridgehead atoms. The van der Waals surface area contributed by atoms with Gasteiger partial charge in [-0.05, 0) is 31.0 Å². The third kappa shape index (κ3) is 4.40. The largest absolute Gasteiger partial charge is 0.416 e. The number of halogens is 3. The minimum Gasteiger partial charge on any atom is -0.381 e. The number of carbonyl (C=O) groups excluding carboxylic acids is 2. The fraction of sp³-hybridized carbons (Fsp3) is 0.619. The molecule has 3 saturated heterocycles. The van der Waals surface area contributed by atoms with Crippen LogP contribution in [0.15, 0.2) is 24.3 Å². The Morgan fingerprint density at radius 1 is 1.07 bits per heavy atom. The van der Waals surface area contributed by atoms with Crippen molar-refractivity contribution in [1.82, 2.24) is 9.80 Å². The van der Waals surface area contributed by atoms with E-state index in [1.807, 2.05) is 9.80 Å². The summed E-state index contributed by atoms with van der Waals surface area (Å²) < 4.78 is 44.2. The van der Waals surface area contributed by atoms with Gasteiger partial charge in [-0.3, -0.25) is 9.59 Å². The van der Waals surface area contributed by atoms with Crippen molar-refractivity contribution in [3.8, 4) is 0 Å². The van der Waals surface area contributed by atoms with Gasteiger partial charge in [-0.2, -0.15) is 13.2 Å². The molecule has 0 saturated carbocycles. The number of nitrogens with zero attached hydrogens (tertiary/aromatic N) is 3. The van der Waals surface area contributed by atoms with E-state index >= 15 is 0 Å². The van der Waals surface area contributed by atoms with E-state index in [4.69, 9.17) is 4.74 Å². The molecule has 3 heterocycles. The van der Waals surface area contributed by atoms with Crippen LogP contribution in [0, 0.1) is 5.92 Å². The molecule has 3 aliphatic heterocycles. The molecule has 30 heavy (non-hydrogen) atoms. The third-order valence-electron chi connectivity index (χ3n) is 6.27. The Bertz CT molecular complexity index is 787. The minimum atomic E-state index is -4.38. The van der Waals surface area contributed by atoms with E-state index in [1.165, 1.54) is 6.07 Å². The summed E-state index contributed by atoms with van der Waals surface area (Å²) in [6.07, 6.45) is -2.52. The smallest absolute Gasteiger partial charge is 0.381 e. The van der Waals surface area contributed by atoms with Gasteiger partial charge in [0, 0.05) is 64.1 Å². The van der Waals surface area contributed by atoms with Crippen molar-refractivity contribution < 1.29 is 27.5 Å². The van der Waals surface area contributed by atoms with Gasteiger partial charge in [0.05, 0.1) is 11.5 Å².